The summed E-state index contributed by atoms with van der Waals surface area (Å²) >= 11 is 3.67. The van der Waals surface area contributed by atoms with Gasteiger partial charge in [0.25, 0.3) is 0 Å². The van der Waals surface area contributed by atoms with Crippen LogP contribution in [0, 0.1) is 32.4 Å². The molecule has 3 aromatic rings. The van der Waals surface area contributed by atoms with Gasteiger partial charge in [-0.1, -0.05) is 42.0 Å². The molecule has 162 valence electrons. The van der Waals surface area contributed by atoms with E-state index in [9.17, 15) is 13.6 Å². The molecule has 0 aromatic heterocycles. The van der Waals surface area contributed by atoms with Crippen LogP contribution in [0.25, 0.3) is 11.1 Å². The highest BCUT2D eigenvalue weighted by molar-refractivity contribution is 9.10. The summed E-state index contributed by atoms with van der Waals surface area (Å²) in [5.41, 5.74) is 6.66. The van der Waals surface area contributed by atoms with Gasteiger partial charge in [0.2, 0.25) is 0 Å². The number of halogens is 3. The minimum Gasteiger partial charge on any atom is -0.469 e. The fraction of sp³-hybridized carbons (Fsp3) is 0.240. The number of benzene rings is 3. The van der Waals surface area contributed by atoms with Crippen molar-refractivity contribution in [1.82, 2.24) is 0 Å². The van der Waals surface area contributed by atoms with E-state index in [0.29, 0.717) is 0 Å². The summed E-state index contributed by atoms with van der Waals surface area (Å²) in [5.74, 6) is -2.10. The summed E-state index contributed by atoms with van der Waals surface area (Å²) in [5, 5.41) is 3.22. The summed E-state index contributed by atoms with van der Waals surface area (Å²) in [6.45, 7) is 5.99. The van der Waals surface area contributed by atoms with Gasteiger partial charge in [-0.3, -0.25) is 4.79 Å². The Labute approximate surface area is 189 Å². The second kappa shape index (κ2) is 9.60. The molecule has 0 aliphatic rings. The summed E-state index contributed by atoms with van der Waals surface area (Å²) in [6, 6.07) is 12.2. The van der Waals surface area contributed by atoms with E-state index >= 15 is 0 Å². The first-order valence-electron chi connectivity index (χ1n) is 9.86. The molecule has 3 aromatic carbocycles. The van der Waals surface area contributed by atoms with Crippen LogP contribution >= 0.6 is 15.9 Å². The molecular formula is C25H24BrF2NO2. The van der Waals surface area contributed by atoms with Crippen LogP contribution in [-0.2, 0) is 22.5 Å². The van der Waals surface area contributed by atoms with Crippen LogP contribution in [0.5, 0.6) is 0 Å². The number of methoxy groups -OCH3 is 1. The van der Waals surface area contributed by atoms with E-state index in [1.807, 2.05) is 45.0 Å². The molecule has 0 fully saturated rings. The van der Waals surface area contributed by atoms with E-state index in [0.717, 1.165) is 49.6 Å². The van der Waals surface area contributed by atoms with Crippen molar-refractivity contribution in [3.8, 4) is 11.1 Å². The largest absolute Gasteiger partial charge is 0.469 e. The molecule has 3 nitrogen and oxygen atoms in total. The van der Waals surface area contributed by atoms with Gasteiger partial charge in [-0.15, -0.1) is 0 Å². The molecule has 0 spiro atoms. The third-order valence-electron chi connectivity index (χ3n) is 5.43. The molecule has 0 unspecified atom stereocenters. The van der Waals surface area contributed by atoms with Gasteiger partial charge in [-0.05, 0) is 70.6 Å². The SMILES string of the molecule is COC(=O)Cc1c(C)c(NCc2cccc(F)c2F)c(Br)c(C)c1-c1ccc(C)cc1. The highest BCUT2D eigenvalue weighted by Crippen LogP contribution is 2.41. The van der Waals surface area contributed by atoms with E-state index in [1.165, 1.54) is 19.2 Å². The van der Waals surface area contributed by atoms with Gasteiger partial charge in [0, 0.05) is 16.6 Å². The zero-order valence-electron chi connectivity index (χ0n) is 17.9. The normalized spacial score (nSPS) is 10.8. The van der Waals surface area contributed by atoms with Crippen molar-refractivity contribution < 1.29 is 18.3 Å². The molecule has 0 saturated carbocycles. The smallest absolute Gasteiger partial charge is 0.310 e. The minimum absolute atomic E-state index is 0.0999. The second-order valence-electron chi connectivity index (χ2n) is 7.48. The second-order valence-corrected chi connectivity index (χ2v) is 8.27. The molecule has 0 saturated heterocycles. The number of nitrogens with one attached hydrogen (secondary N) is 1. The van der Waals surface area contributed by atoms with E-state index in [2.05, 4.69) is 21.2 Å². The fourth-order valence-electron chi connectivity index (χ4n) is 3.65. The van der Waals surface area contributed by atoms with Gasteiger partial charge < -0.3 is 10.1 Å². The zero-order valence-corrected chi connectivity index (χ0v) is 19.5. The van der Waals surface area contributed by atoms with Crippen molar-refractivity contribution in [3.05, 3.63) is 86.4 Å². The molecule has 0 bridgehead atoms. The molecule has 0 aliphatic heterocycles. The van der Waals surface area contributed by atoms with E-state index < -0.39 is 11.6 Å². The van der Waals surface area contributed by atoms with Crippen molar-refractivity contribution in [2.45, 2.75) is 33.7 Å². The van der Waals surface area contributed by atoms with E-state index in [1.54, 1.807) is 0 Å². The Balaban J connectivity index is 2.11. The number of rotatable bonds is 6. The topological polar surface area (TPSA) is 38.3 Å². The molecular weight excluding hydrogens is 464 g/mol. The molecule has 31 heavy (non-hydrogen) atoms. The molecule has 6 heteroatoms. The number of esters is 1. The highest BCUT2D eigenvalue weighted by atomic mass is 79.9. The number of carbonyl (C=O) groups is 1. The van der Waals surface area contributed by atoms with Gasteiger partial charge in [0.15, 0.2) is 11.6 Å². The lowest BCUT2D eigenvalue weighted by Gasteiger charge is -2.22. The number of anilines is 1. The van der Waals surface area contributed by atoms with Crippen LogP contribution in [0.1, 0.15) is 27.8 Å². The fourth-order valence-corrected chi connectivity index (χ4v) is 4.29. The Bertz CT molecular complexity index is 1130. The zero-order chi connectivity index (χ0) is 22.7. The number of ether oxygens (including phenoxy) is 1. The maximum atomic E-state index is 14.1. The van der Waals surface area contributed by atoms with Crippen LogP contribution in [0.4, 0.5) is 14.5 Å². The average molecular weight is 488 g/mol. The first-order valence-corrected chi connectivity index (χ1v) is 10.7. The van der Waals surface area contributed by atoms with Gasteiger partial charge in [-0.2, -0.15) is 0 Å². The van der Waals surface area contributed by atoms with Crippen molar-refractivity contribution in [2.75, 3.05) is 12.4 Å². The molecule has 0 heterocycles. The summed E-state index contributed by atoms with van der Waals surface area (Å²) in [6.07, 6.45) is 0.0999. The third-order valence-corrected chi connectivity index (χ3v) is 6.42. The molecule has 3 rings (SSSR count). The van der Waals surface area contributed by atoms with Crippen LogP contribution in [-0.4, -0.2) is 13.1 Å². The van der Waals surface area contributed by atoms with Crippen molar-refractivity contribution >= 4 is 27.6 Å². The van der Waals surface area contributed by atoms with Gasteiger partial charge in [0.1, 0.15) is 0 Å². The van der Waals surface area contributed by atoms with Crippen LogP contribution in [0.15, 0.2) is 46.9 Å². The van der Waals surface area contributed by atoms with Crippen LogP contribution < -0.4 is 5.32 Å². The van der Waals surface area contributed by atoms with E-state index in [4.69, 9.17) is 4.74 Å². The predicted molar refractivity (Wildman–Crippen MR) is 123 cm³/mol. The Hall–Kier alpha value is -2.73. The summed E-state index contributed by atoms with van der Waals surface area (Å²) in [7, 11) is 1.36. The molecule has 0 radical (unpaired) electrons. The monoisotopic (exact) mass is 487 g/mol. The maximum Gasteiger partial charge on any atom is 0.310 e. The van der Waals surface area contributed by atoms with Gasteiger partial charge in [-0.25, -0.2) is 8.78 Å². The number of hydrogen-bond donors (Lipinski definition) is 1. The Morgan fingerprint density at radius 2 is 1.71 bits per heavy atom. The molecule has 1 N–H and O–H groups in total. The lowest BCUT2D eigenvalue weighted by molar-refractivity contribution is -0.139. The van der Waals surface area contributed by atoms with Crippen LogP contribution in [0.2, 0.25) is 0 Å². The first-order chi connectivity index (χ1) is 14.7. The highest BCUT2D eigenvalue weighted by Gasteiger charge is 2.22. The standard InChI is InChI=1S/C25H24BrF2NO2/c1-14-8-10-17(11-9-14)22-16(3)23(26)25(15(2)19(22)12-21(30)31-4)29-13-18-6-5-7-20(27)24(18)28/h5-11,29H,12-13H2,1-4H3. The van der Waals surface area contributed by atoms with Gasteiger partial charge >= 0.3 is 5.97 Å². The number of hydrogen-bond acceptors (Lipinski definition) is 3. The third kappa shape index (κ3) is 4.79. The average Bonchev–Trinajstić information content (AvgIpc) is 2.75. The van der Waals surface area contributed by atoms with Crippen molar-refractivity contribution in [1.29, 1.82) is 0 Å². The van der Waals surface area contributed by atoms with Gasteiger partial charge in [0.05, 0.1) is 19.2 Å². The van der Waals surface area contributed by atoms with E-state index in [-0.39, 0.29) is 24.5 Å². The minimum atomic E-state index is -0.882. The quantitative estimate of drug-likeness (QED) is 0.395. The Morgan fingerprint density at radius 3 is 2.35 bits per heavy atom. The lowest BCUT2D eigenvalue weighted by Crippen LogP contribution is -2.12. The van der Waals surface area contributed by atoms with Crippen molar-refractivity contribution in [2.24, 2.45) is 0 Å². The maximum absolute atomic E-state index is 14.1. The number of carbonyl (C=O) groups excluding carboxylic acids is 1. The summed E-state index contributed by atoms with van der Waals surface area (Å²) < 4.78 is 33.4. The molecule has 0 aliphatic carbocycles. The van der Waals surface area contributed by atoms with Crippen LogP contribution in [0.3, 0.4) is 0 Å². The number of aryl methyl sites for hydroxylation is 1. The van der Waals surface area contributed by atoms with Crippen molar-refractivity contribution in [3.63, 3.8) is 0 Å². The summed E-state index contributed by atoms with van der Waals surface area (Å²) in [4.78, 5) is 12.2. The lowest BCUT2D eigenvalue weighted by atomic mass is 9.88. The molecule has 0 amide bonds. The Morgan fingerprint density at radius 1 is 1.03 bits per heavy atom. The molecule has 0 atom stereocenters. The predicted octanol–water partition coefficient (Wildman–Crippen LogP) is 6.65. The Kier molecular flexibility index (Phi) is 7.11. The first kappa shape index (κ1) is 22.9.